The number of hydrogen-bond acceptors (Lipinski definition) is 7. The van der Waals surface area contributed by atoms with Crippen LogP contribution in [-0.2, 0) is 13.6 Å². The summed E-state index contributed by atoms with van der Waals surface area (Å²) < 4.78 is 49.3. The van der Waals surface area contributed by atoms with Crippen molar-refractivity contribution < 1.29 is 27.8 Å². The van der Waals surface area contributed by atoms with Gasteiger partial charge in [-0.05, 0) is 18.9 Å². The molecule has 0 unspecified atom stereocenters. The number of nitrogens with zero attached hydrogens (tertiary/aromatic N) is 3. The van der Waals surface area contributed by atoms with Gasteiger partial charge in [0.15, 0.2) is 5.69 Å². The summed E-state index contributed by atoms with van der Waals surface area (Å²) in [7, 11) is -1.94. The van der Waals surface area contributed by atoms with Crippen molar-refractivity contribution >= 4 is 22.6 Å². The Kier molecular flexibility index (Phi) is 5.78. The summed E-state index contributed by atoms with van der Waals surface area (Å²) in [6, 6.07) is 2.84. The second-order valence-corrected chi connectivity index (χ2v) is 8.65. The van der Waals surface area contributed by atoms with Crippen molar-refractivity contribution in [3.63, 3.8) is 0 Å². The van der Waals surface area contributed by atoms with Gasteiger partial charge in [0.1, 0.15) is 11.6 Å². The number of aromatic hydroxyl groups is 1. The molecule has 1 aliphatic rings. The summed E-state index contributed by atoms with van der Waals surface area (Å²) in [6.45, 7) is -0.134. The van der Waals surface area contributed by atoms with Crippen LogP contribution in [0.15, 0.2) is 23.0 Å². The number of hydrogen-bond donors (Lipinski definition) is 4. The number of halogens is 2. The number of amides is 1. The van der Waals surface area contributed by atoms with Crippen molar-refractivity contribution in [1.29, 1.82) is 0 Å². The first-order valence-electron chi connectivity index (χ1n) is 8.67. The molecule has 4 N–H and O–H groups in total. The van der Waals surface area contributed by atoms with Gasteiger partial charge in [0.25, 0.3) is 11.5 Å². The number of carbonyl (C=O) groups excluding carboxylic acids is 1. The standard InChI is InChI=1S/C17H20F2N4O5S/c1-22-16(26)14(24)13(21-17(22)23-6-2-3-7-29(23,27)28)15(25)20-9-10-4-5-11(18)8-12(10)19/h4-5,8,24,27-28H,2-3,6-7,9H2,1H3,(H,20,25). The van der Waals surface area contributed by atoms with Crippen molar-refractivity contribution in [2.24, 2.45) is 7.05 Å². The highest BCUT2D eigenvalue weighted by Gasteiger charge is 2.32. The van der Waals surface area contributed by atoms with E-state index in [1.807, 2.05) is 0 Å². The van der Waals surface area contributed by atoms with E-state index in [0.29, 0.717) is 18.9 Å². The largest absolute Gasteiger partial charge is 0.501 e. The molecule has 12 heteroatoms. The lowest BCUT2D eigenvalue weighted by molar-refractivity contribution is 0.0942. The van der Waals surface area contributed by atoms with Crippen LogP contribution in [0.1, 0.15) is 28.9 Å². The van der Waals surface area contributed by atoms with Crippen molar-refractivity contribution in [3.05, 3.63) is 51.4 Å². The molecule has 1 aliphatic heterocycles. The first-order chi connectivity index (χ1) is 13.6. The molecule has 0 bridgehead atoms. The predicted octanol–water partition coefficient (Wildman–Crippen LogP) is 1.96. The van der Waals surface area contributed by atoms with Gasteiger partial charge in [0.05, 0.1) is 5.75 Å². The molecule has 29 heavy (non-hydrogen) atoms. The summed E-state index contributed by atoms with van der Waals surface area (Å²) >= 11 is 0. The van der Waals surface area contributed by atoms with Crippen LogP contribution < -0.4 is 15.2 Å². The van der Waals surface area contributed by atoms with E-state index in [0.717, 1.165) is 21.0 Å². The fourth-order valence-electron chi connectivity index (χ4n) is 2.92. The summed E-state index contributed by atoms with van der Waals surface area (Å²) in [6.07, 6.45) is 1.21. The van der Waals surface area contributed by atoms with Crippen molar-refractivity contribution in [3.8, 4) is 5.75 Å². The second kappa shape index (κ2) is 7.97. The first kappa shape index (κ1) is 21.0. The van der Waals surface area contributed by atoms with Gasteiger partial charge in [-0.15, -0.1) is 10.8 Å². The van der Waals surface area contributed by atoms with Gasteiger partial charge in [-0.25, -0.2) is 18.1 Å². The van der Waals surface area contributed by atoms with Crippen LogP contribution in [0.5, 0.6) is 5.75 Å². The SMILES string of the molecule is Cn1c(N2CCCCS2(O)O)nc(C(=O)NCc2ccc(F)cc2F)c(O)c1=O. The highest BCUT2D eigenvalue weighted by molar-refractivity contribution is 8.25. The Morgan fingerprint density at radius 2 is 2.03 bits per heavy atom. The average molecular weight is 430 g/mol. The number of nitrogens with one attached hydrogen (secondary N) is 1. The van der Waals surface area contributed by atoms with E-state index in [2.05, 4.69) is 10.3 Å². The highest BCUT2D eigenvalue weighted by Crippen LogP contribution is 2.48. The molecule has 1 aromatic carbocycles. The van der Waals surface area contributed by atoms with Crippen LogP contribution in [0.3, 0.4) is 0 Å². The van der Waals surface area contributed by atoms with Crippen molar-refractivity contribution in [2.45, 2.75) is 19.4 Å². The van der Waals surface area contributed by atoms with Crippen molar-refractivity contribution in [2.75, 3.05) is 16.6 Å². The van der Waals surface area contributed by atoms with E-state index in [1.54, 1.807) is 0 Å². The average Bonchev–Trinajstić information content (AvgIpc) is 2.66. The normalized spacial score (nSPS) is 17.1. The second-order valence-electron chi connectivity index (χ2n) is 6.54. The fraction of sp³-hybridized carbons (Fsp3) is 0.353. The summed E-state index contributed by atoms with van der Waals surface area (Å²) in [5.41, 5.74) is -1.59. The van der Waals surface area contributed by atoms with E-state index >= 15 is 0 Å². The van der Waals surface area contributed by atoms with E-state index < -0.39 is 45.3 Å². The molecule has 0 radical (unpaired) electrons. The molecule has 158 valence electrons. The predicted molar refractivity (Wildman–Crippen MR) is 103 cm³/mol. The first-order valence-corrected chi connectivity index (χ1v) is 10.3. The van der Waals surface area contributed by atoms with E-state index in [4.69, 9.17) is 0 Å². The Hall–Kier alpha value is -2.70. The van der Waals surface area contributed by atoms with E-state index in [1.165, 1.54) is 7.05 Å². The van der Waals surface area contributed by atoms with Crippen LogP contribution in [0.2, 0.25) is 0 Å². The maximum Gasteiger partial charge on any atom is 0.297 e. The molecule has 9 nitrogen and oxygen atoms in total. The van der Waals surface area contributed by atoms with Crippen LogP contribution >= 0.6 is 10.8 Å². The van der Waals surface area contributed by atoms with Crippen molar-refractivity contribution in [1.82, 2.24) is 14.9 Å². The lowest BCUT2D eigenvalue weighted by atomic mass is 10.2. The molecule has 0 spiro atoms. The van der Waals surface area contributed by atoms with Gasteiger partial charge < -0.3 is 10.4 Å². The zero-order valence-electron chi connectivity index (χ0n) is 15.4. The topological polar surface area (TPSA) is 128 Å². The third-order valence-electron chi connectivity index (χ3n) is 4.52. The minimum atomic E-state index is -3.22. The molecular weight excluding hydrogens is 410 g/mol. The third kappa shape index (κ3) is 4.18. The molecule has 1 aromatic heterocycles. The van der Waals surface area contributed by atoms with Crippen LogP contribution in [-0.4, -0.2) is 42.0 Å². The summed E-state index contributed by atoms with van der Waals surface area (Å²) in [5.74, 6) is -3.62. The van der Waals surface area contributed by atoms with Crippen LogP contribution in [0.4, 0.5) is 14.7 Å². The number of benzene rings is 1. The summed E-state index contributed by atoms with van der Waals surface area (Å²) in [4.78, 5) is 28.8. The molecule has 1 fully saturated rings. The molecule has 0 saturated carbocycles. The lowest BCUT2D eigenvalue weighted by Crippen LogP contribution is -2.39. The Balaban J connectivity index is 1.91. The monoisotopic (exact) mass is 430 g/mol. The van der Waals surface area contributed by atoms with Crippen LogP contribution in [0, 0.1) is 11.6 Å². The third-order valence-corrected chi connectivity index (χ3v) is 6.41. The molecule has 1 saturated heterocycles. The molecule has 3 rings (SSSR count). The minimum Gasteiger partial charge on any atom is -0.501 e. The fourth-order valence-corrected chi connectivity index (χ4v) is 4.58. The zero-order valence-corrected chi connectivity index (χ0v) is 16.2. The van der Waals surface area contributed by atoms with Gasteiger partial charge in [0, 0.05) is 31.8 Å². The van der Waals surface area contributed by atoms with Gasteiger partial charge >= 0.3 is 0 Å². The minimum absolute atomic E-state index is 0.00601. The highest BCUT2D eigenvalue weighted by atomic mass is 32.3. The maximum absolute atomic E-state index is 13.7. The lowest BCUT2D eigenvalue weighted by Gasteiger charge is -2.46. The Morgan fingerprint density at radius 1 is 1.31 bits per heavy atom. The van der Waals surface area contributed by atoms with Gasteiger partial charge in [-0.1, -0.05) is 6.07 Å². The molecule has 0 aliphatic carbocycles. The van der Waals surface area contributed by atoms with Gasteiger partial charge in [-0.2, -0.15) is 0 Å². The molecule has 2 aromatic rings. The number of carbonyl (C=O) groups is 1. The zero-order chi connectivity index (χ0) is 21.3. The smallest absolute Gasteiger partial charge is 0.297 e. The molecule has 1 amide bonds. The van der Waals surface area contributed by atoms with Gasteiger partial charge in [-0.3, -0.25) is 23.3 Å². The van der Waals surface area contributed by atoms with E-state index in [-0.39, 0.29) is 30.4 Å². The van der Waals surface area contributed by atoms with E-state index in [9.17, 15) is 32.6 Å². The Bertz CT molecular complexity index is 1010. The number of aromatic nitrogens is 2. The quantitative estimate of drug-likeness (QED) is 0.584. The summed E-state index contributed by atoms with van der Waals surface area (Å²) in [5, 5.41) is 12.4. The Morgan fingerprint density at radius 3 is 2.69 bits per heavy atom. The Labute approximate surface area is 166 Å². The van der Waals surface area contributed by atoms with Gasteiger partial charge in [0.2, 0.25) is 11.7 Å². The number of anilines is 1. The van der Waals surface area contributed by atoms with Crippen LogP contribution in [0.25, 0.3) is 0 Å². The number of rotatable bonds is 4. The molecule has 2 heterocycles. The maximum atomic E-state index is 13.7. The molecule has 0 atom stereocenters. The molecular formula is C17H20F2N4O5S.